The van der Waals surface area contributed by atoms with Crippen LogP contribution in [0.4, 0.5) is 13.2 Å². The van der Waals surface area contributed by atoms with Gasteiger partial charge in [-0.1, -0.05) is 0 Å². The van der Waals surface area contributed by atoms with Gasteiger partial charge in [0.05, 0.1) is 34.7 Å². The molecule has 3 aromatic rings. The van der Waals surface area contributed by atoms with Crippen LogP contribution in [0.5, 0.6) is 0 Å². The number of nitriles is 1. The van der Waals surface area contributed by atoms with Crippen molar-refractivity contribution < 1.29 is 23.1 Å². The molecule has 0 spiro atoms. The lowest BCUT2D eigenvalue weighted by atomic mass is 10.1. The number of hydrogen-bond donors (Lipinski definition) is 2. The zero-order chi connectivity index (χ0) is 18.4. The van der Waals surface area contributed by atoms with E-state index in [1.54, 1.807) is 0 Å². The topological polar surface area (TPSA) is 124 Å². The van der Waals surface area contributed by atoms with E-state index in [9.17, 15) is 22.8 Å². The summed E-state index contributed by atoms with van der Waals surface area (Å²) in [6, 6.07) is 3.08. The summed E-state index contributed by atoms with van der Waals surface area (Å²) in [4.78, 5) is 25.1. The first kappa shape index (κ1) is 16.4. The first-order valence-electron chi connectivity index (χ1n) is 6.85. The molecule has 25 heavy (non-hydrogen) atoms. The molecule has 0 bridgehead atoms. The van der Waals surface area contributed by atoms with Crippen LogP contribution in [-0.4, -0.2) is 30.7 Å². The van der Waals surface area contributed by atoms with Crippen LogP contribution in [-0.2, 0) is 17.4 Å². The van der Waals surface area contributed by atoms with Gasteiger partial charge in [-0.25, -0.2) is 0 Å². The minimum Gasteiger partial charge on any atom is -0.481 e. The highest BCUT2D eigenvalue weighted by atomic mass is 19.4. The molecule has 0 radical (unpaired) electrons. The van der Waals surface area contributed by atoms with E-state index in [1.807, 2.05) is 0 Å². The number of aromatic amines is 1. The first-order chi connectivity index (χ1) is 11.7. The Labute approximate surface area is 136 Å². The Morgan fingerprint density at radius 1 is 1.36 bits per heavy atom. The van der Waals surface area contributed by atoms with Crippen LogP contribution in [0, 0.1) is 11.3 Å². The molecule has 128 valence electrons. The highest BCUT2D eigenvalue weighted by molar-refractivity contribution is 5.80. The summed E-state index contributed by atoms with van der Waals surface area (Å²) in [7, 11) is 0. The summed E-state index contributed by atoms with van der Waals surface area (Å²) in [5.74, 6) is -1.10. The van der Waals surface area contributed by atoms with Crippen LogP contribution in [0.15, 0.2) is 16.9 Å². The summed E-state index contributed by atoms with van der Waals surface area (Å²) in [6.45, 7) is 0. The van der Waals surface area contributed by atoms with Gasteiger partial charge < -0.3 is 10.1 Å². The standard InChI is InChI=1S/C14H8F3N5O3/c15-14(16,17)7-4-9-8(3-6(7)5-18)19-13(25)12-21-20-10(22(9)12)1-2-11(23)24/h3-4H,1-2H2,(H,19,25)(H,23,24). The van der Waals surface area contributed by atoms with Gasteiger partial charge >= 0.3 is 12.1 Å². The predicted octanol–water partition coefficient (Wildman–Crippen LogP) is 1.48. The van der Waals surface area contributed by atoms with Gasteiger partial charge in [0.2, 0.25) is 5.65 Å². The van der Waals surface area contributed by atoms with Crippen molar-refractivity contribution in [1.29, 1.82) is 5.26 Å². The number of alkyl halides is 3. The number of rotatable bonds is 3. The van der Waals surface area contributed by atoms with Crippen LogP contribution >= 0.6 is 0 Å². The van der Waals surface area contributed by atoms with Gasteiger partial charge in [-0.2, -0.15) is 18.4 Å². The van der Waals surface area contributed by atoms with Gasteiger partial charge in [-0.05, 0) is 12.1 Å². The van der Waals surface area contributed by atoms with Crippen LogP contribution in [0.3, 0.4) is 0 Å². The fraction of sp³-hybridized carbons (Fsp3) is 0.214. The number of aromatic nitrogens is 4. The van der Waals surface area contributed by atoms with Crippen LogP contribution in [0.1, 0.15) is 23.4 Å². The number of aliphatic carboxylic acids is 1. The molecule has 0 saturated heterocycles. The summed E-state index contributed by atoms with van der Waals surface area (Å²) < 4.78 is 40.6. The van der Waals surface area contributed by atoms with E-state index in [0.29, 0.717) is 6.07 Å². The SMILES string of the molecule is N#Cc1cc2[nH]c(=O)c3nnc(CCC(=O)O)n3c2cc1C(F)(F)F. The zero-order valence-electron chi connectivity index (χ0n) is 12.3. The van der Waals surface area contributed by atoms with Gasteiger partial charge in [0.1, 0.15) is 5.82 Å². The lowest BCUT2D eigenvalue weighted by molar-refractivity contribution is -0.138. The van der Waals surface area contributed by atoms with Crippen molar-refractivity contribution in [2.45, 2.75) is 19.0 Å². The quantitative estimate of drug-likeness (QED) is 0.736. The third kappa shape index (κ3) is 2.78. The smallest absolute Gasteiger partial charge is 0.417 e. The Kier molecular flexibility index (Phi) is 3.67. The summed E-state index contributed by atoms with van der Waals surface area (Å²) >= 11 is 0. The van der Waals surface area contributed by atoms with Gasteiger partial charge in [-0.15, -0.1) is 10.2 Å². The number of halogens is 3. The molecular weight excluding hydrogens is 343 g/mol. The molecule has 2 aromatic heterocycles. The second-order valence-electron chi connectivity index (χ2n) is 5.15. The number of hydrogen-bond acceptors (Lipinski definition) is 5. The highest BCUT2D eigenvalue weighted by Gasteiger charge is 2.34. The maximum Gasteiger partial charge on any atom is 0.417 e. The minimum absolute atomic E-state index is 0.0153. The van der Waals surface area contributed by atoms with Crippen molar-refractivity contribution in [2.75, 3.05) is 0 Å². The molecule has 3 rings (SSSR count). The number of benzene rings is 1. The van der Waals surface area contributed by atoms with E-state index in [0.717, 1.165) is 10.5 Å². The average molecular weight is 351 g/mol. The number of carbonyl (C=O) groups is 1. The van der Waals surface area contributed by atoms with E-state index in [-0.39, 0.29) is 35.3 Å². The van der Waals surface area contributed by atoms with Crippen molar-refractivity contribution in [2.24, 2.45) is 0 Å². The number of carboxylic acids is 1. The number of fused-ring (bicyclic) bond motifs is 3. The van der Waals surface area contributed by atoms with Crippen molar-refractivity contribution >= 4 is 22.6 Å². The van der Waals surface area contributed by atoms with Crippen molar-refractivity contribution in [3.63, 3.8) is 0 Å². The van der Waals surface area contributed by atoms with Gasteiger partial charge in [-0.3, -0.25) is 14.0 Å². The molecule has 2 heterocycles. The van der Waals surface area contributed by atoms with Gasteiger partial charge in [0.15, 0.2) is 0 Å². The fourth-order valence-corrected chi connectivity index (χ4v) is 2.48. The molecule has 11 heteroatoms. The molecule has 0 aliphatic carbocycles. The Morgan fingerprint density at radius 3 is 2.68 bits per heavy atom. The fourth-order valence-electron chi connectivity index (χ4n) is 2.48. The number of H-pyrrole nitrogens is 1. The molecule has 0 aliphatic heterocycles. The maximum atomic E-state index is 13.2. The van der Waals surface area contributed by atoms with Gasteiger partial charge in [0.25, 0.3) is 5.56 Å². The van der Waals surface area contributed by atoms with E-state index in [1.165, 1.54) is 6.07 Å². The van der Waals surface area contributed by atoms with Crippen molar-refractivity contribution in [1.82, 2.24) is 19.6 Å². The summed E-state index contributed by atoms with van der Waals surface area (Å²) in [5.41, 5.74) is -2.88. The Morgan fingerprint density at radius 2 is 2.08 bits per heavy atom. The van der Waals surface area contributed by atoms with E-state index in [4.69, 9.17) is 10.4 Å². The number of nitrogens with one attached hydrogen (secondary N) is 1. The third-order valence-corrected chi connectivity index (χ3v) is 3.55. The molecule has 1 aromatic carbocycles. The summed E-state index contributed by atoms with van der Waals surface area (Å²) in [6.07, 6.45) is -5.25. The highest BCUT2D eigenvalue weighted by Crippen LogP contribution is 2.34. The molecule has 0 unspecified atom stereocenters. The first-order valence-corrected chi connectivity index (χ1v) is 6.85. The third-order valence-electron chi connectivity index (χ3n) is 3.55. The maximum absolute atomic E-state index is 13.2. The van der Waals surface area contributed by atoms with Gasteiger partial charge in [0, 0.05) is 6.42 Å². The Balaban J connectivity index is 2.39. The molecule has 8 nitrogen and oxygen atoms in total. The number of carboxylic acid groups (broad SMARTS) is 1. The average Bonchev–Trinajstić information content (AvgIpc) is 2.95. The lowest BCUT2D eigenvalue weighted by Crippen LogP contribution is -2.15. The Bertz CT molecular complexity index is 1110. The van der Waals surface area contributed by atoms with Crippen LogP contribution < -0.4 is 5.56 Å². The zero-order valence-corrected chi connectivity index (χ0v) is 12.3. The largest absolute Gasteiger partial charge is 0.481 e. The van der Waals surface area contributed by atoms with Crippen LogP contribution in [0.2, 0.25) is 0 Å². The second-order valence-corrected chi connectivity index (χ2v) is 5.15. The lowest BCUT2D eigenvalue weighted by Gasteiger charge is -2.11. The molecule has 0 saturated carbocycles. The van der Waals surface area contributed by atoms with Crippen LogP contribution in [0.25, 0.3) is 16.7 Å². The van der Waals surface area contributed by atoms with E-state index in [2.05, 4.69) is 15.2 Å². The van der Waals surface area contributed by atoms with Crippen molar-refractivity contribution in [3.8, 4) is 6.07 Å². The van der Waals surface area contributed by atoms with E-state index >= 15 is 0 Å². The minimum atomic E-state index is -4.78. The molecule has 0 aliphatic rings. The van der Waals surface area contributed by atoms with E-state index < -0.39 is 28.8 Å². The molecular formula is C14H8F3N5O3. The van der Waals surface area contributed by atoms with Crippen molar-refractivity contribution in [3.05, 3.63) is 39.4 Å². The number of aryl methyl sites for hydroxylation is 1. The monoisotopic (exact) mass is 351 g/mol. The number of nitrogens with zero attached hydrogens (tertiary/aromatic N) is 4. The molecule has 0 amide bonds. The molecule has 0 atom stereocenters. The Hall–Kier alpha value is -3.42. The molecule has 2 N–H and O–H groups in total. The predicted molar refractivity (Wildman–Crippen MR) is 76.8 cm³/mol. The molecule has 0 fully saturated rings. The summed E-state index contributed by atoms with van der Waals surface area (Å²) in [5, 5.41) is 25.0. The normalized spacial score (nSPS) is 11.8. The second kappa shape index (κ2) is 5.59.